The van der Waals surface area contributed by atoms with Crippen molar-refractivity contribution in [1.29, 1.82) is 0 Å². The third kappa shape index (κ3) is 3.30. The van der Waals surface area contributed by atoms with Gasteiger partial charge < -0.3 is 10.6 Å². The van der Waals surface area contributed by atoms with E-state index in [1.807, 2.05) is 0 Å². The highest BCUT2D eigenvalue weighted by atomic mass is 32.2. The second-order valence-corrected chi connectivity index (χ2v) is 5.63. The van der Waals surface area contributed by atoms with Crippen LogP contribution in [-0.2, 0) is 0 Å². The van der Waals surface area contributed by atoms with E-state index in [0.717, 1.165) is 4.90 Å². The zero-order chi connectivity index (χ0) is 14.7. The molecule has 0 fully saturated rings. The average molecular weight is 290 g/mol. The molecule has 2 N–H and O–H groups in total. The third-order valence-electron chi connectivity index (χ3n) is 2.67. The molecule has 0 unspecified atom stereocenters. The van der Waals surface area contributed by atoms with E-state index in [2.05, 4.69) is 0 Å². The fourth-order valence-corrected chi connectivity index (χ4v) is 2.73. The van der Waals surface area contributed by atoms with Gasteiger partial charge in [0, 0.05) is 29.6 Å². The first kappa shape index (κ1) is 14.4. The summed E-state index contributed by atoms with van der Waals surface area (Å²) in [5.41, 5.74) is 6.90. The number of hydrogen-bond acceptors (Lipinski definition) is 3. The van der Waals surface area contributed by atoms with Gasteiger partial charge in [-0.1, -0.05) is 17.8 Å². The van der Waals surface area contributed by atoms with Gasteiger partial charge in [-0.15, -0.1) is 0 Å². The summed E-state index contributed by atoms with van der Waals surface area (Å²) in [6.07, 6.45) is 0. The van der Waals surface area contributed by atoms with Gasteiger partial charge in [0.1, 0.15) is 5.82 Å². The van der Waals surface area contributed by atoms with Crippen molar-refractivity contribution in [3.05, 3.63) is 53.8 Å². The maximum absolute atomic E-state index is 13.2. The molecule has 5 heteroatoms. The van der Waals surface area contributed by atoms with Gasteiger partial charge in [0.2, 0.25) is 0 Å². The second-order valence-electron chi connectivity index (χ2n) is 4.51. The largest absolute Gasteiger partial charge is 0.399 e. The average Bonchev–Trinajstić information content (AvgIpc) is 2.38. The van der Waals surface area contributed by atoms with Crippen molar-refractivity contribution in [2.45, 2.75) is 9.79 Å². The van der Waals surface area contributed by atoms with E-state index in [4.69, 9.17) is 5.73 Å². The lowest BCUT2D eigenvalue weighted by atomic mass is 10.2. The fraction of sp³-hybridized carbons (Fsp3) is 0.133. The maximum atomic E-state index is 13.2. The molecular formula is C15H15FN2OS. The van der Waals surface area contributed by atoms with E-state index in [1.54, 1.807) is 44.4 Å². The van der Waals surface area contributed by atoms with Gasteiger partial charge in [-0.05, 0) is 36.4 Å². The minimum absolute atomic E-state index is 0.107. The van der Waals surface area contributed by atoms with E-state index in [9.17, 15) is 9.18 Å². The fourth-order valence-electron chi connectivity index (χ4n) is 1.70. The van der Waals surface area contributed by atoms with Crippen LogP contribution in [0.1, 0.15) is 10.4 Å². The molecule has 0 atom stereocenters. The van der Waals surface area contributed by atoms with Gasteiger partial charge in [0.25, 0.3) is 5.91 Å². The highest BCUT2D eigenvalue weighted by molar-refractivity contribution is 7.99. The van der Waals surface area contributed by atoms with E-state index >= 15 is 0 Å². The van der Waals surface area contributed by atoms with Gasteiger partial charge in [0.15, 0.2) is 0 Å². The van der Waals surface area contributed by atoms with Crippen LogP contribution >= 0.6 is 11.8 Å². The van der Waals surface area contributed by atoms with E-state index in [1.165, 1.54) is 28.8 Å². The molecular weight excluding hydrogens is 275 g/mol. The summed E-state index contributed by atoms with van der Waals surface area (Å²) < 4.78 is 13.2. The van der Waals surface area contributed by atoms with Crippen molar-refractivity contribution in [2.75, 3.05) is 19.8 Å². The van der Waals surface area contributed by atoms with Crippen molar-refractivity contribution in [2.24, 2.45) is 0 Å². The smallest absolute Gasteiger partial charge is 0.254 e. The normalized spacial score (nSPS) is 10.3. The van der Waals surface area contributed by atoms with Gasteiger partial charge in [-0.25, -0.2) is 4.39 Å². The van der Waals surface area contributed by atoms with Crippen molar-refractivity contribution < 1.29 is 9.18 Å². The number of hydrogen-bond donors (Lipinski definition) is 1. The van der Waals surface area contributed by atoms with Crippen molar-refractivity contribution >= 4 is 23.4 Å². The van der Waals surface area contributed by atoms with Crippen LogP contribution in [0.4, 0.5) is 10.1 Å². The molecule has 2 aromatic rings. The third-order valence-corrected chi connectivity index (χ3v) is 3.71. The summed E-state index contributed by atoms with van der Waals surface area (Å²) in [4.78, 5) is 15.1. The second kappa shape index (κ2) is 5.96. The Balaban J connectivity index is 2.39. The lowest BCUT2D eigenvalue weighted by Crippen LogP contribution is -2.22. The van der Waals surface area contributed by atoms with Gasteiger partial charge in [0.05, 0.1) is 5.56 Å². The summed E-state index contributed by atoms with van der Waals surface area (Å²) in [6, 6.07) is 11.4. The van der Waals surface area contributed by atoms with E-state index in [-0.39, 0.29) is 11.7 Å². The molecule has 0 saturated heterocycles. The molecule has 20 heavy (non-hydrogen) atoms. The lowest BCUT2D eigenvalue weighted by Gasteiger charge is -2.14. The van der Waals surface area contributed by atoms with Gasteiger partial charge in [-0.3, -0.25) is 4.79 Å². The number of benzene rings is 2. The highest BCUT2D eigenvalue weighted by Gasteiger charge is 2.14. The predicted octanol–water partition coefficient (Wildman–Crippen LogP) is 3.26. The first-order valence-electron chi connectivity index (χ1n) is 6.02. The Bertz CT molecular complexity index is 644. The Morgan fingerprint density at radius 1 is 1.20 bits per heavy atom. The highest BCUT2D eigenvalue weighted by Crippen LogP contribution is 2.32. The zero-order valence-corrected chi connectivity index (χ0v) is 12.1. The number of amides is 1. The van der Waals surface area contributed by atoms with Crippen molar-refractivity contribution in [1.82, 2.24) is 4.90 Å². The Hall–Kier alpha value is -2.01. The molecule has 2 aromatic carbocycles. The lowest BCUT2D eigenvalue weighted by molar-refractivity contribution is 0.0824. The molecule has 0 saturated carbocycles. The molecule has 2 rings (SSSR count). The number of anilines is 1. The molecule has 0 heterocycles. The molecule has 0 aliphatic carbocycles. The summed E-state index contributed by atoms with van der Waals surface area (Å²) >= 11 is 1.32. The van der Waals surface area contributed by atoms with Crippen LogP contribution in [0.25, 0.3) is 0 Å². The Morgan fingerprint density at radius 2 is 1.95 bits per heavy atom. The molecule has 0 spiro atoms. The van der Waals surface area contributed by atoms with Crippen LogP contribution in [0.5, 0.6) is 0 Å². The predicted molar refractivity (Wildman–Crippen MR) is 79.4 cm³/mol. The Morgan fingerprint density at radius 3 is 2.60 bits per heavy atom. The molecule has 0 aromatic heterocycles. The minimum Gasteiger partial charge on any atom is -0.399 e. The Kier molecular flexibility index (Phi) is 4.29. The van der Waals surface area contributed by atoms with Crippen LogP contribution in [0.2, 0.25) is 0 Å². The molecule has 1 amide bonds. The van der Waals surface area contributed by atoms with Gasteiger partial charge in [-0.2, -0.15) is 0 Å². The quantitative estimate of drug-likeness (QED) is 0.883. The number of nitrogens with zero attached hydrogens (tertiary/aromatic N) is 1. The molecule has 0 aliphatic heterocycles. The molecule has 104 valence electrons. The summed E-state index contributed by atoms with van der Waals surface area (Å²) in [7, 11) is 3.38. The molecule has 3 nitrogen and oxygen atoms in total. The summed E-state index contributed by atoms with van der Waals surface area (Å²) in [6.45, 7) is 0. The van der Waals surface area contributed by atoms with Gasteiger partial charge >= 0.3 is 0 Å². The standard InChI is InChI=1S/C15H15FN2OS/c1-18(2)15(19)13-7-6-11(17)9-14(13)20-12-5-3-4-10(16)8-12/h3-9H,17H2,1-2H3. The van der Waals surface area contributed by atoms with Crippen LogP contribution in [-0.4, -0.2) is 24.9 Å². The molecule has 0 bridgehead atoms. The van der Waals surface area contributed by atoms with Crippen LogP contribution in [0.15, 0.2) is 52.3 Å². The SMILES string of the molecule is CN(C)C(=O)c1ccc(N)cc1Sc1cccc(F)c1. The first-order valence-corrected chi connectivity index (χ1v) is 6.83. The van der Waals surface area contributed by atoms with Crippen molar-refractivity contribution in [3.8, 4) is 0 Å². The van der Waals surface area contributed by atoms with Crippen molar-refractivity contribution in [3.63, 3.8) is 0 Å². The first-order chi connectivity index (χ1) is 9.47. The minimum atomic E-state index is -0.306. The molecule has 0 aliphatic rings. The number of carbonyl (C=O) groups is 1. The number of rotatable bonds is 3. The number of nitrogen functional groups attached to an aromatic ring is 1. The number of halogens is 1. The van der Waals surface area contributed by atoms with E-state index in [0.29, 0.717) is 16.1 Å². The number of nitrogens with two attached hydrogens (primary N) is 1. The van der Waals surface area contributed by atoms with E-state index < -0.39 is 0 Å². The summed E-state index contributed by atoms with van der Waals surface area (Å²) in [5.74, 6) is -0.414. The van der Waals surface area contributed by atoms with Crippen LogP contribution in [0.3, 0.4) is 0 Å². The zero-order valence-electron chi connectivity index (χ0n) is 11.3. The van der Waals surface area contributed by atoms with Crippen LogP contribution in [0, 0.1) is 5.82 Å². The monoisotopic (exact) mass is 290 g/mol. The molecule has 0 radical (unpaired) electrons. The summed E-state index contributed by atoms with van der Waals surface area (Å²) in [5, 5.41) is 0. The number of carbonyl (C=O) groups excluding carboxylic acids is 1. The Labute approximate surface area is 121 Å². The topological polar surface area (TPSA) is 46.3 Å². The maximum Gasteiger partial charge on any atom is 0.254 e. The van der Waals surface area contributed by atoms with Crippen LogP contribution < -0.4 is 5.73 Å².